The van der Waals surface area contributed by atoms with Crippen LogP contribution in [0.3, 0.4) is 0 Å². The highest BCUT2D eigenvalue weighted by Gasteiger charge is 2.26. The largest absolute Gasteiger partial charge is 0.377 e. The number of hydrogen-bond donors (Lipinski definition) is 2. The fraction of sp³-hybridized carbons (Fsp3) is 1.00. The van der Waals surface area contributed by atoms with Crippen LogP contribution in [0.2, 0.25) is 0 Å². The van der Waals surface area contributed by atoms with Gasteiger partial charge in [0, 0.05) is 18.6 Å². The lowest BCUT2D eigenvalue weighted by molar-refractivity contribution is 0.0770. The molecule has 1 rings (SSSR count). The van der Waals surface area contributed by atoms with Crippen LogP contribution >= 0.6 is 0 Å². The van der Waals surface area contributed by atoms with Gasteiger partial charge >= 0.3 is 0 Å². The topological polar surface area (TPSA) is 33.3 Å². The first kappa shape index (κ1) is 11.0. The molecule has 78 valence electrons. The Balaban J connectivity index is 2.04. The van der Waals surface area contributed by atoms with Gasteiger partial charge in [0.2, 0.25) is 0 Å². The van der Waals surface area contributed by atoms with E-state index in [1.807, 2.05) is 0 Å². The van der Waals surface area contributed by atoms with Gasteiger partial charge in [0.15, 0.2) is 0 Å². The summed E-state index contributed by atoms with van der Waals surface area (Å²) in [7, 11) is 0. The molecule has 1 unspecified atom stereocenters. The normalized spacial score (nSPS) is 28.6. The molecule has 13 heavy (non-hydrogen) atoms. The Bertz CT molecular complexity index is 142. The van der Waals surface area contributed by atoms with E-state index in [4.69, 9.17) is 4.74 Å². The third-order valence-electron chi connectivity index (χ3n) is 2.47. The molecule has 0 aliphatic carbocycles. The molecule has 1 fully saturated rings. The van der Waals surface area contributed by atoms with Crippen molar-refractivity contribution in [3.8, 4) is 0 Å². The second-order valence-corrected chi connectivity index (χ2v) is 4.33. The van der Waals surface area contributed by atoms with Gasteiger partial charge in [0.25, 0.3) is 0 Å². The van der Waals surface area contributed by atoms with Crippen molar-refractivity contribution in [1.29, 1.82) is 0 Å². The van der Waals surface area contributed by atoms with Crippen LogP contribution in [0.5, 0.6) is 0 Å². The number of hydrogen-bond acceptors (Lipinski definition) is 3. The van der Waals surface area contributed by atoms with Crippen molar-refractivity contribution < 1.29 is 4.74 Å². The first-order valence-electron chi connectivity index (χ1n) is 5.20. The molecule has 0 bridgehead atoms. The molecule has 0 radical (unpaired) electrons. The van der Waals surface area contributed by atoms with Gasteiger partial charge in [0.1, 0.15) is 0 Å². The van der Waals surface area contributed by atoms with Crippen LogP contribution in [-0.2, 0) is 4.74 Å². The van der Waals surface area contributed by atoms with E-state index in [0.29, 0.717) is 11.6 Å². The quantitative estimate of drug-likeness (QED) is 0.622. The van der Waals surface area contributed by atoms with Gasteiger partial charge in [-0.2, -0.15) is 0 Å². The molecule has 1 atom stereocenters. The SMILES string of the molecule is CC(C)OCCNC1(C)CCNC1. The van der Waals surface area contributed by atoms with E-state index in [2.05, 4.69) is 31.4 Å². The Labute approximate surface area is 81.2 Å². The summed E-state index contributed by atoms with van der Waals surface area (Å²) in [6.07, 6.45) is 1.56. The lowest BCUT2D eigenvalue weighted by Gasteiger charge is -2.24. The minimum absolute atomic E-state index is 0.292. The molecular formula is C10H22N2O. The zero-order chi connectivity index (χ0) is 9.73. The van der Waals surface area contributed by atoms with Crippen LogP contribution in [0.15, 0.2) is 0 Å². The molecule has 0 aromatic carbocycles. The Morgan fingerprint density at radius 2 is 2.31 bits per heavy atom. The fourth-order valence-electron chi connectivity index (χ4n) is 1.62. The molecule has 0 amide bonds. The smallest absolute Gasteiger partial charge is 0.0594 e. The molecule has 1 aliphatic rings. The zero-order valence-corrected chi connectivity index (χ0v) is 9.02. The van der Waals surface area contributed by atoms with Gasteiger partial charge in [0.05, 0.1) is 12.7 Å². The molecule has 1 aliphatic heterocycles. The standard InChI is InChI=1S/C10H22N2O/c1-9(2)13-7-6-12-10(3)4-5-11-8-10/h9,11-12H,4-8H2,1-3H3. The van der Waals surface area contributed by atoms with Crippen molar-refractivity contribution in [2.75, 3.05) is 26.2 Å². The maximum Gasteiger partial charge on any atom is 0.0594 e. The van der Waals surface area contributed by atoms with E-state index in [1.165, 1.54) is 6.42 Å². The monoisotopic (exact) mass is 186 g/mol. The van der Waals surface area contributed by atoms with Gasteiger partial charge in [-0.25, -0.2) is 0 Å². The van der Waals surface area contributed by atoms with Gasteiger partial charge in [-0.05, 0) is 33.7 Å². The van der Waals surface area contributed by atoms with Gasteiger partial charge in [-0.3, -0.25) is 0 Å². The number of rotatable bonds is 5. The predicted octanol–water partition coefficient (Wildman–Crippen LogP) is 0.753. The summed E-state index contributed by atoms with van der Waals surface area (Å²) in [4.78, 5) is 0. The summed E-state index contributed by atoms with van der Waals surface area (Å²) in [5, 5.41) is 6.89. The van der Waals surface area contributed by atoms with Gasteiger partial charge in [-0.15, -0.1) is 0 Å². The summed E-state index contributed by atoms with van der Waals surface area (Å²) in [5.41, 5.74) is 0.292. The Morgan fingerprint density at radius 3 is 2.85 bits per heavy atom. The van der Waals surface area contributed by atoms with Crippen LogP contribution in [0.1, 0.15) is 27.2 Å². The highest BCUT2D eigenvalue weighted by Crippen LogP contribution is 2.12. The highest BCUT2D eigenvalue weighted by molar-refractivity contribution is 4.91. The highest BCUT2D eigenvalue weighted by atomic mass is 16.5. The molecule has 1 saturated heterocycles. The second kappa shape index (κ2) is 4.94. The predicted molar refractivity (Wildman–Crippen MR) is 55.0 cm³/mol. The van der Waals surface area contributed by atoms with E-state index in [1.54, 1.807) is 0 Å². The van der Waals surface area contributed by atoms with Crippen molar-refractivity contribution in [3.63, 3.8) is 0 Å². The van der Waals surface area contributed by atoms with Crippen LogP contribution < -0.4 is 10.6 Å². The van der Waals surface area contributed by atoms with E-state index in [9.17, 15) is 0 Å². The maximum absolute atomic E-state index is 5.46. The number of ether oxygens (including phenoxy) is 1. The second-order valence-electron chi connectivity index (χ2n) is 4.33. The van der Waals surface area contributed by atoms with E-state index in [-0.39, 0.29) is 0 Å². The van der Waals surface area contributed by atoms with Crippen LogP contribution in [0.4, 0.5) is 0 Å². The Hall–Kier alpha value is -0.120. The third-order valence-corrected chi connectivity index (χ3v) is 2.47. The first-order valence-corrected chi connectivity index (χ1v) is 5.20. The lowest BCUT2D eigenvalue weighted by Crippen LogP contribution is -2.45. The first-order chi connectivity index (χ1) is 6.12. The molecule has 0 saturated carbocycles. The molecule has 3 heteroatoms. The fourth-order valence-corrected chi connectivity index (χ4v) is 1.62. The number of nitrogens with one attached hydrogen (secondary N) is 2. The molecule has 0 aromatic rings. The molecule has 3 nitrogen and oxygen atoms in total. The van der Waals surface area contributed by atoms with Crippen molar-refractivity contribution in [2.45, 2.75) is 38.8 Å². The molecule has 2 N–H and O–H groups in total. The summed E-state index contributed by atoms with van der Waals surface area (Å²) >= 11 is 0. The van der Waals surface area contributed by atoms with Crippen LogP contribution in [0.25, 0.3) is 0 Å². The molecule has 1 heterocycles. The molecular weight excluding hydrogens is 164 g/mol. The summed E-state index contributed by atoms with van der Waals surface area (Å²) in [6.45, 7) is 10.4. The van der Waals surface area contributed by atoms with E-state index in [0.717, 1.165) is 26.2 Å². The maximum atomic E-state index is 5.46. The lowest BCUT2D eigenvalue weighted by atomic mass is 10.0. The minimum atomic E-state index is 0.292. The average molecular weight is 186 g/mol. The van der Waals surface area contributed by atoms with E-state index >= 15 is 0 Å². The van der Waals surface area contributed by atoms with Crippen LogP contribution in [-0.4, -0.2) is 37.9 Å². The van der Waals surface area contributed by atoms with Gasteiger partial charge in [-0.1, -0.05) is 0 Å². The van der Waals surface area contributed by atoms with E-state index < -0.39 is 0 Å². The summed E-state index contributed by atoms with van der Waals surface area (Å²) in [5.74, 6) is 0. The average Bonchev–Trinajstić information content (AvgIpc) is 2.47. The van der Waals surface area contributed by atoms with Crippen molar-refractivity contribution >= 4 is 0 Å². The molecule has 0 aromatic heterocycles. The van der Waals surface area contributed by atoms with Crippen molar-refractivity contribution in [3.05, 3.63) is 0 Å². The molecule has 0 spiro atoms. The summed E-state index contributed by atoms with van der Waals surface area (Å²) in [6, 6.07) is 0. The van der Waals surface area contributed by atoms with Crippen molar-refractivity contribution in [1.82, 2.24) is 10.6 Å². The minimum Gasteiger partial charge on any atom is -0.377 e. The Kier molecular flexibility index (Phi) is 4.16. The summed E-state index contributed by atoms with van der Waals surface area (Å²) < 4.78 is 5.46. The van der Waals surface area contributed by atoms with Crippen LogP contribution in [0, 0.1) is 0 Å². The Morgan fingerprint density at radius 1 is 1.54 bits per heavy atom. The van der Waals surface area contributed by atoms with Gasteiger partial charge < -0.3 is 15.4 Å². The van der Waals surface area contributed by atoms with Crippen molar-refractivity contribution in [2.24, 2.45) is 0 Å². The zero-order valence-electron chi connectivity index (χ0n) is 9.02. The third kappa shape index (κ3) is 4.07.